The van der Waals surface area contributed by atoms with Crippen molar-refractivity contribution in [3.63, 3.8) is 0 Å². The number of hydrogen-bond donors (Lipinski definition) is 2. The summed E-state index contributed by atoms with van der Waals surface area (Å²) in [7, 11) is 1.54. The fourth-order valence-electron chi connectivity index (χ4n) is 2.10. The lowest BCUT2D eigenvalue weighted by molar-refractivity contribution is 0.1000. The normalized spacial score (nSPS) is 11.2. The maximum Gasteiger partial charge on any atom is 0.248 e. The number of imidazole rings is 1. The number of nitrogen functional groups attached to an aromatic ring is 1. The van der Waals surface area contributed by atoms with E-state index in [1.165, 1.54) is 0 Å². The molecular formula is C13H18N4O2. The summed E-state index contributed by atoms with van der Waals surface area (Å²) < 4.78 is 7.22. The fraction of sp³-hybridized carbons (Fsp3) is 0.385. The van der Waals surface area contributed by atoms with Gasteiger partial charge in [-0.25, -0.2) is 4.98 Å². The van der Waals surface area contributed by atoms with Gasteiger partial charge in [0.25, 0.3) is 0 Å². The molecule has 0 aliphatic rings. The number of carbonyl (C=O) groups is 1. The number of anilines is 1. The second kappa shape index (κ2) is 4.79. The van der Waals surface area contributed by atoms with E-state index in [0.717, 1.165) is 12.1 Å². The molecule has 2 rings (SSSR count). The minimum absolute atomic E-state index is 0.360. The molecule has 1 aromatic carbocycles. The summed E-state index contributed by atoms with van der Waals surface area (Å²) in [4.78, 5) is 15.6. The smallest absolute Gasteiger partial charge is 0.248 e. The number of nitrogens with two attached hydrogens (primary N) is 2. The first-order valence-corrected chi connectivity index (χ1v) is 6.07. The number of methoxy groups -OCH3 is 1. The van der Waals surface area contributed by atoms with Gasteiger partial charge in [0, 0.05) is 12.1 Å². The Labute approximate surface area is 111 Å². The van der Waals surface area contributed by atoms with Crippen molar-refractivity contribution in [2.24, 2.45) is 11.7 Å². The quantitative estimate of drug-likeness (QED) is 0.870. The number of aromatic nitrogens is 2. The number of carbonyl (C=O) groups excluding carboxylic acids is 1. The summed E-state index contributed by atoms with van der Waals surface area (Å²) in [6.45, 7) is 4.92. The van der Waals surface area contributed by atoms with Gasteiger partial charge in [0.2, 0.25) is 11.9 Å². The second-order valence-corrected chi connectivity index (χ2v) is 4.88. The predicted octanol–water partition coefficient (Wildman–Crippen LogP) is 1.38. The van der Waals surface area contributed by atoms with Gasteiger partial charge < -0.3 is 20.8 Å². The zero-order valence-corrected chi connectivity index (χ0v) is 11.3. The highest BCUT2D eigenvalue weighted by atomic mass is 16.5. The lowest BCUT2D eigenvalue weighted by Gasteiger charge is -2.12. The molecule has 0 aliphatic carbocycles. The fourth-order valence-corrected chi connectivity index (χ4v) is 2.10. The Hall–Kier alpha value is -2.24. The maximum absolute atomic E-state index is 11.3. The van der Waals surface area contributed by atoms with Crippen LogP contribution in [0.2, 0.25) is 0 Å². The Morgan fingerprint density at radius 3 is 2.68 bits per heavy atom. The highest BCUT2D eigenvalue weighted by Gasteiger charge is 2.16. The summed E-state index contributed by atoms with van der Waals surface area (Å²) in [6, 6.07) is 3.25. The van der Waals surface area contributed by atoms with Gasteiger partial charge in [-0.2, -0.15) is 0 Å². The van der Waals surface area contributed by atoms with Crippen molar-refractivity contribution in [2.45, 2.75) is 20.4 Å². The molecule has 1 aromatic heterocycles. The first kappa shape index (κ1) is 13.2. The zero-order valence-electron chi connectivity index (χ0n) is 11.3. The summed E-state index contributed by atoms with van der Waals surface area (Å²) >= 11 is 0. The van der Waals surface area contributed by atoms with Crippen LogP contribution in [0, 0.1) is 5.92 Å². The van der Waals surface area contributed by atoms with E-state index >= 15 is 0 Å². The molecule has 19 heavy (non-hydrogen) atoms. The zero-order chi connectivity index (χ0) is 14.2. The third-order valence-corrected chi connectivity index (χ3v) is 2.89. The van der Waals surface area contributed by atoms with E-state index in [0.29, 0.717) is 28.7 Å². The van der Waals surface area contributed by atoms with Gasteiger partial charge in [-0.3, -0.25) is 4.79 Å². The Morgan fingerprint density at radius 2 is 2.16 bits per heavy atom. The molecular weight excluding hydrogens is 244 g/mol. The van der Waals surface area contributed by atoms with Crippen LogP contribution in [-0.4, -0.2) is 22.6 Å². The van der Waals surface area contributed by atoms with Gasteiger partial charge in [0.05, 0.1) is 12.6 Å². The molecule has 1 heterocycles. The molecule has 0 saturated carbocycles. The Balaban J connectivity index is 2.72. The highest BCUT2D eigenvalue weighted by Crippen LogP contribution is 2.30. The summed E-state index contributed by atoms with van der Waals surface area (Å²) in [5.41, 5.74) is 13.0. The number of benzene rings is 1. The molecule has 4 N–H and O–H groups in total. The number of hydrogen-bond acceptors (Lipinski definition) is 4. The third-order valence-electron chi connectivity index (χ3n) is 2.89. The minimum atomic E-state index is -0.516. The molecule has 6 heteroatoms. The van der Waals surface area contributed by atoms with Crippen LogP contribution >= 0.6 is 0 Å². The van der Waals surface area contributed by atoms with E-state index in [-0.39, 0.29) is 0 Å². The van der Waals surface area contributed by atoms with Crippen molar-refractivity contribution in [3.05, 3.63) is 17.7 Å². The van der Waals surface area contributed by atoms with Crippen LogP contribution in [0.25, 0.3) is 11.0 Å². The van der Waals surface area contributed by atoms with Gasteiger partial charge >= 0.3 is 0 Å². The second-order valence-electron chi connectivity index (χ2n) is 4.88. The van der Waals surface area contributed by atoms with E-state index in [1.807, 2.05) is 4.57 Å². The average Bonchev–Trinajstić information content (AvgIpc) is 2.64. The molecule has 0 radical (unpaired) electrons. The highest BCUT2D eigenvalue weighted by molar-refractivity contribution is 5.98. The monoisotopic (exact) mass is 262 g/mol. The SMILES string of the molecule is COc1cc(C(N)=O)cc2nc(N)n(CC(C)C)c12. The largest absolute Gasteiger partial charge is 0.494 e. The molecule has 102 valence electrons. The lowest BCUT2D eigenvalue weighted by atomic mass is 10.1. The number of primary amides is 1. The molecule has 0 bridgehead atoms. The number of nitrogens with zero attached hydrogens (tertiary/aromatic N) is 2. The van der Waals surface area contributed by atoms with Gasteiger partial charge in [0.1, 0.15) is 11.3 Å². The molecule has 0 saturated heterocycles. The predicted molar refractivity (Wildman–Crippen MR) is 74.1 cm³/mol. The number of ether oxygens (including phenoxy) is 1. The van der Waals surface area contributed by atoms with E-state index in [2.05, 4.69) is 18.8 Å². The van der Waals surface area contributed by atoms with E-state index in [9.17, 15) is 4.79 Å². The van der Waals surface area contributed by atoms with Crippen molar-refractivity contribution in [1.29, 1.82) is 0 Å². The van der Waals surface area contributed by atoms with Crippen molar-refractivity contribution in [2.75, 3.05) is 12.8 Å². The van der Waals surface area contributed by atoms with Crippen LogP contribution in [0.15, 0.2) is 12.1 Å². The topological polar surface area (TPSA) is 96.2 Å². The van der Waals surface area contributed by atoms with Crippen molar-refractivity contribution in [3.8, 4) is 5.75 Å². The number of fused-ring (bicyclic) bond motifs is 1. The van der Waals surface area contributed by atoms with Crippen molar-refractivity contribution < 1.29 is 9.53 Å². The molecule has 2 aromatic rings. The number of amides is 1. The standard InChI is InChI=1S/C13H18N4O2/c1-7(2)6-17-11-9(16-13(17)15)4-8(12(14)18)5-10(11)19-3/h4-5,7H,6H2,1-3H3,(H2,14,18)(H2,15,16). The molecule has 0 unspecified atom stereocenters. The summed E-state index contributed by atoms with van der Waals surface area (Å²) in [6.07, 6.45) is 0. The molecule has 1 amide bonds. The average molecular weight is 262 g/mol. The molecule has 0 atom stereocenters. The molecule has 0 spiro atoms. The first-order chi connectivity index (χ1) is 8.93. The maximum atomic E-state index is 11.3. The summed E-state index contributed by atoms with van der Waals surface area (Å²) in [5, 5.41) is 0. The van der Waals surface area contributed by atoms with Gasteiger partial charge in [-0.1, -0.05) is 13.8 Å². The van der Waals surface area contributed by atoms with E-state index in [1.54, 1.807) is 19.2 Å². The molecule has 0 fully saturated rings. The third kappa shape index (κ3) is 2.33. The van der Waals surface area contributed by atoms with Crippen LogP contribution in [0.5, 0.6) is 5.75 Å². The van der Waals surface area contributed by atoms with E-state index < -0.39 is 5.91 Å². The van der Waals surface area contributed by atoms with Crippen molar-refractivity contribution in [1.82, 2.24) is 9.55 Å². The minimum Gasteiger partial charge on any atom is -0.494 e. The Kier molecular flexibility index (Phi) is 3.33. The van der Waals surface area contributed by atoms with Gasteiger partial charge in [-0.05, 0) is 18.1 Å². The van der Waals surface area contributed by atoms with E-state index in [4.69, 9.17) is 16.2 Å². The van der Waals surface area contributed by atoms with Crippen LogP contribution in [0.3, 0.4) is 0 Å². The summed E-state index contributed by atoms with van der Waals surface area (Å²) in [5.74, 6) is 0.858. The van der Waals surface area contributed by atoms with Crippen LogP contribution < -0.4 is 16.2 Å². The first-order valence-electron chi connectivity index (χ1n) is 6.07. The van der Waals surface area contributed by atoms with Crippen LogP contribution in [-0.2, 0) is 6.54 Å². The van der Waals surface area contributed by atoms with Crippen molar-refractivity contribution >= 4 is 22.9 Å². The van der Waals surface area contributed by atoms with Gasteiger partial charge in [0.15, 0.2) is 0 Å². The molecule has 6 nitrogen and oxygen atoms in total. The Bertz CT molecular complexity index is 631. The molecule has 0 aliphatic heterocycles. The van der Waals surface area contributed by atoms with Gasteiger partial charge in [-0.15, -0.1) is 0 Å². The van der Waals surface area contributed by atoms with Crippen LogP contribution in [0.1, 0.15) is 24.2 Å². The lowest BCUT2D eigenvalue weighted by Crippen LogP contribution is -2.11. The Morgan fingerprint density at radius 1 is 1.47 bits per heavy atom. The van der Waals surface area contributed by atoms with Crippen LogP contribution in [0.4, 0.5) is 5.95 Å². The number of rotatable bonds is 4.